The number of nitrogens with one attached hydrogen (secondary N) is 2. The van der Waals surface area contributed by atoms with E-state index in [0.29, 0.717) is 10.1 Å². The maximum absolute atomic E-state index is 5.88. The van der Waals surface area contributed by atoms with Gasteiger partial charge < -0.3 is 10.6 Å². The van der Waals surface area contributed by atoms with Gasteiger partial charge in [0, 0.05) is 10.7 Å². The lowest BCUT2D eigenvalue weighted by Crippen LogP contribution is -2.32. The van der Waals surface area contributed by atoms with Gasteiger partial charge in [-0.3, -0.25) is 0 Å². The lowest BCUT2D eigenvalue weighted by Gasteiger charge is -2.21. The molecule has 0 aliphatic carbocycles. The van der Waals surface area contributed by atoms with Crippen molar-refractivity contribution in [2.75, 3.05) is 5.32 Å². The summed E-state index contributed by atoms with van der Waals surface area (Å²) in [7, 11) is 0. The van der Waals surface area contributed by atoms with Gasteiger partial charge in [-0.25, -0.2) is 0 Å². The van der Waals surface area contributed by atoms with E-state index < -0.39 is 0 Å². The first-order valence-corrected chi connectivity index (χ1v) is 7.85. The highest BCUT2D eigenvalue weighted by Gasteiger charge is 2.11. The van der Waals surface area contributed by atoms with E-state index in [4.69, 9.17) is 23.8 Å². The van der Waals surface area contributed by atoms with Crippen molar-refractivity contribution in [3.05, 3.63) is 65.2 Å². The fourth-order valence-corrected chi connectivity index (χ4v) is 2.54. The molecule has 0 radical (unpaired) electrons. The van der Waals surface area contributed by atoms with Gasteiger partial charge in [0.25, 0.3) is 0 Å². The van der Waals surface area contributed by atoms with Crippen molar-refractivity contribution >= 4 is 34.6 Å². The van der Waals surface area contributed by atoms with Crippen molar-refractivity contribution in [1.29, 1.82) is 0 Å². The van der Waals surface area contributed by atoms with E-state index in [1.807, 2.05) is 30.3 Å². The smallest absolute Gasteiger partial charge is 0.171 e. The van der Waals surface area contributed by atoms with Gasteiger partial charge >= 0.3 is 0 Å². The molecular formula is C17H19ClN2S. The van der Waals surface area contributed by atoms with Crippen LogP contribution in [0.25, 0.3) is 0 Å². The van der Waals surface area contributed by atoms with Crippen molar-refractivity contribution in [3.63, 3.8) is 0 Å². The molecule has 110 valence electrons. The minimum Gasteiger partial charge on any atom is -0.356 e. The van der Waals surface area contributed by atoms with Crippen molar-refractivity contribution in [2.24, 2.45) is 0 Å². The Balaban J connectivity index is 2.00. The van der Waals surface area contributed by atoms with Crippen LogP contribution in [0.3, 0.4) is 0 Å². The number of hydrogen-bond donors (Lipinski definition) is 2. The van der Waals surface area contributed by atoms with E-state index in [-0.39, 0.29) is 6.04 Å². The largest absolute Gasteiger partial charge is 0.356 e. The zero-order valence-electron chi connectivity index (χ0n) is 12.0. The zero-order valence-corrected chi connectivity index (χ0v) is 13.5. The highest BCUT2D eigenvalue weighted by molar-refractivity contribution is 7.80. The van der Waals surface area contributed by atoms with Gasteiger partial charge in [0.1, 0.15) is 0 Å². The Morgan fingerprint density at radius 3 is 2.38 bits per heavy atom. The number of benzene rings is 2. The van der Waals surface area contributed by atoms with Crippen LogP contribution in [-0.2, 0) is 0 Å². The predicted molar refractivity (Wildman–Crippen MR) is 94.9 cm³/mol. The summed E-state index contributed by atoms with van der Waals surface area (Å²) in [5, 5.41) is 7.91. The van der Waals surface area contributed by atoms with Crippen LogP contribution in [0.2, 0.25) is 5.02 Å². The Kier molecular flexibility index (Phi) is 6.03. The highest BCUT2D eigenvalue weighted by Crippen LogP contribution is 2.19. The van der Waals surface area contributed by atoms with E-state index in [0.717, 1.165) is 18.5 Å². The van der Waals surface area contributed by atoms with Gasteiger partial charge in [0.05, 0.1) is 6.04 Å². The molecule has 2 aromatic carbocycles. The lowest BCUT2D eigenvalue weighted by molar-refractivity contribution is 0.584. The molecule has 2 nitrogen and oxygen atoms in total. The van der Waals surface area contributed by atoms with Gasteiger partial charge in [-0.15, -0.1) is 0 Å². The van der Waals surface area contributed by atoms with Gasteiger partial charge in [0.2, 0.25) is 0 Å². The second kappa shape index (κ2) is 8.01. The van der Waals surface area contributed by atoms with Gasteiger partial charge in [-0.05, 0) is 48.5 Å². The third-order valence-corrected chi connectivity index (χ3v) is 3.66. The molecule has 2 aromatic rings. The van der Waals surface area contributed by atoms with Crippen LogP contribution in [-0.4, -0.2) is 5.11 Å². The zero-order chi connectivity index (χ0) is 15.1. The van der Waals surface area contributed by atoms with E-state index in [1.54, 1.807) is 0 Å². The number of thiocarbonyl (C=S) groups is 1. The molecule has 0 saturated heterocycles. The van der Waals surface area contributed by atoms with Crippen LogP contribution < -0.4 is 10.6 Å². The third-order valence-electron chi connectivity index (χ3n) is 3.19. The Morgan fingerprint density at radius 1 is 1.10 bits per heavy atom. The topological polar surface area (TPSA) is 24.1 Å². The van der Waals surface area contributed by atoms with Gasteiger partial charge in [-0.1, -0.05) is 55.3 Å². The number of anilines is 1. The van der Waals surface area contributed by atoms with Crippen LogP contribution in [0.15, 0.2) is 54.6 Å². The molecule has 4 heteroatoms. The molecule has 2 N–H and O–H groups in total. The molecule has 0 fully saturated rings. The Morgan fingerprint density at radius 2 is 1.76 bits per heavy atom. The summed E-state index contributed by atoms with van der Waals surface area (Å²) in [5.74, 6) is 0. The number of rotatable bonds is 5. The van der Waals surface area contributed by atoms with Crippen molar-refractivity contribution in [2.45, 2.75) is 25.8 Å². The summed E-state index contributed by atoms with van der Waals surface area (Å²) in [4.78, 5) is 0. The first-order valence-electron chi connectivity index (χ1n) is 7.07. The molecular weight excluding hydrogens is 300 g/mol. The fraction of sp³-hybridized carbons (Fsp3) is 0.235. The van der Waals surface area contributed by atoms with Crippen molar-refractivity contribution < 1.29 is 0 Å². The van der Waals surface area contributed by atoms with E-state index in [9.17, 15) is 0 Å². The highest BCUT2D eigenvalue weighted by atomic mass is 35.5. The summed E-state index contributed by atoms with van der Waals surface area (Å²) < 4.78 is 0. The molecule has 0 heterocycles. The summed E-state index contributed by atoms with van der Waals surface area (Å²) in [6.45, 7) is 2.17. The maximum Gasteiger partial charge on any atom is 0.171 e. The minimum atomic E-state index is 0.225. The first-order chi connectivity index (χ1) is 10.2. The molecule has 2 rings (SSSR count). The quantitative estimate of drug-likeness (QED) is 0.744. The second-order valence-electron chi connectivity index (χ2n) is 4.86. The van der Waals surface area contributed by atoms with Crippen molar-refractivity contribution in [1.82, 2.24) is 5.32 Å². The summed E-state index contributed by atoms with van der Waals surface area (Å²) in [5.41, 5.74) is 2.18. The summed E-state index contributed by atoms with van der Waals surface area (Å²) >= 11 is 11.3. The Labute approximate surface area is 136 Å². The standard InChI is InChI=1S/C17H19ClN2S/c1-2-6-16(13-7-4-3-5-8-13)20-17(21)19-15-11-9-14(18)10-12-15/h3-5,7-12,16H,2,6H2,1H3,(H2,19,20,21). The molecule has 1 unspecified atom stereocenters. The lowest BCUT2D eigenvalue weighted by atomic mass is 10.0. The van der Waals surface area contributed by atoms with E-state index in [1.165, 1.54) is 5.56 Å². The van der Waals surface area contributed by atoms with Crippen LogP contribution >= 0.6 is 23.8 Å². The molecule has 21 heavy (non-hydrogen) atoms. The fourth-order valence-electron chi connectivity index (χ4n) is 2.15. The van der Waals surface area contributed by atoms with E-state index >= 15 is 0 Å². The van der Waals surface area contributed by atoms with Gasteiger partial charge in [-0.2, -0.15) is 0 Å². The molecule has 0 amide bonds. The van der Waals surface area contributed by atoms with Gasteiger partial charge in [0.15, 0.2) is 5.11 Å². The molecule has 0 aliphatic heterocycles. The number of halogens is 1. The maximum atomic E-state index is 5.88. The summed E-state index contributed by atoms with van der Waals surface area (Å²) in [6, 6.07) is 18.1. The predicted octanol–water partition coefficient (Wildman–Crippen LogP) is 5.17. The van der Waals surface area contributed by atoms with Crippen LogP contribution in [0.4, 0.5) is 5.69 Å². The molecule has 1 atom stereocenters. The molecule has 0 spiro atoms. The molecule has 0 saturated carbocycles. The molecule has 0 aromatic heterocycles. The third kappa shape index (κ3) is 5.03. The molecule has 0 aliphatic rings. The number of hydrogen-bond acceptors (Lipinski definition) is 1. The summed E-state index contributed by atoms with van der Waals surface area (Å²) in [6.07, 6.45) is 2.13. The second-order valence-corrected chi connectivity index (χ2v) is 5.70. The average Bonchev–Trinajstić information content (AvgIpc) is 2.50. The van der Waals surface area contributed by atoms with Crippen LogP contribution in [0.5, 0.6) is 0 Å². The first kappa shape index (κ1) is 15.8. The average molecular weight is 319 g/mol. The minimum absolute atomic E-state index is 0.225. The normalized spacial score (nSPS) is 11.7. The SMILES string of the molecule is CCCC(NC(=S)Nc1ccc(Cl)cc1)c1ccccc1. The van der Waals surface area contributed by atoms with Crippen molar-refractivity contribution in [3.8, 4) is 0 Å². The molecule has 0 bridgehead atoms. The van der Waals surface area contributed by atoms with Crippen LogP contribution in [0, 0.1) is 0 Å². The monoisotopic (exact) mass is 318 g/mol. The van der Waals surface area contributed by atoms with E-state index in [2.05, 4.69) is 41.8 Å². The Bertz CT molecular complexity index is 569. The van der Waals surface area contributed by atoms with Crippen LogP contribution in [0.1, 0.15) is 31.4 Å². The Hall–Kier alpha value is -1.58.